The molecular formula is C11H12ClN3O4S. The van der Waals surface area contributed by atoms with E-state index >= 15 is 0 Å². The third-order valence-electron chi connectivity index (χ3n) is 2.57. The predicted molar refractivity (Wildman–Crippen MR) is 72.7 cm³/mol. The van der Waals surface area contributed by atoms with Crippen LogP contribution in [-0.4, -0.2) is 31.2 Å². The number of nitro groups is 1. The largest absolute Gasteiger partial charge is 0.271 e. The molecule has 0 bridgehead atoms. The van der Waals surface area contributed by atoms with Gasteiger partial charge in [0.05, 0.1) is 21.9 Å². The molecule has 0 saturated carbocycles. The lowest BCUT2D eigenvalue weighted by molar-refractivity contribution is -0.384. The quantitative estimate of drug-likeness (QED) is 0.610. The topological polar surface area (TPSA) is 104 Å². The van der Waals surface area contributed by atoms with Crippen LogP contribution in [0.25, 0.3) is 0 Å². The number of rotatable bonds is 5. The fourth-order valence-electron chi connectivity index (χ4n) is 1.51. The summed E-state index contributed by atoms with van der Waals surface area (Å²) in [6, 6.07) is 5.07. The van der Waals surface area contributed by atoms with Gasteiger partial charge < -0.3 is 0 Å². The Balaban J connectivity index is 3.17. The summed E-state index contributed by atoms with van der Waals surface area (Å²) in [7, 11) is -2.57. The van der Waals surface area contributed by atoms with Crippen LogP contribution in [0.15, 0.2) is 23.1 Å². The lowest BCUT2D eigenvalue weighted by Crippen LogP contribution is -2.31. The van der Waals surface area contributed by atoms with Gasteiger partial charge in [0.15, 0.2) is 0 Å². The minimum atomic E-state index is -3.89. The van der Waals surface area contributed by atoms with Crippen molar-refractivity contribution in [1.82, 2.24) is 4.31 Å². The van der Waals surface area contributed by atoms with E-state index in [0.717, 1.165) is 22.5 Å². The van der Waals surface area contributed by atoms with Crippen molar-refractivity contribution in [2.24, 2.45) is 5.92 Å². The Bertz CT molecular complexity index is 669. The molecule has 1 unspecified atom stereocenters. The lowest BCUT2D eigenvalue weighted by atomic mass is 10.2. The molecule has 7 nitrogen and oxygen atoms in total. The van der Waals surface area contributed by atoms with Gasteiger partial charge in [-0.3, -0.25) is 10.1 Å². The highest BCUT2D eigenvalue weighted by Gasteiger charge is 2.26. The maximum absolute atomic E-state index is 12.2. The van der Waals surface area contributed by atoms with E-state index in [4.69, 9.17) is 16.9 Å². The number of sulfonamides is 1. The van der Waals surface area contributed by atoms with Gasteiger partial charge in [0.25, 0.3) is 5.69 Å². The number of nitriles is 1. The highest BCUT2D eigenvalue weighted by Crippen LogP contribution is 2.28. The van der Waals surface area contributed by atoms with E-state index < -0.39 is 20.9 Å². The van der Waals surface area contributed by atoms with Crippen LogP contribution >= 0.6 is 11.6 Å². The van der Waals surface area contributed by atoms with Crippen LogP contribution < -0.4 is 0 Å². The molecule has 0 aliphatic rings. The zero-order valence-corrected chi connectivity index (χ0v) is 12.3. The van der Waals surface area contributed by atoms with Crippen LogP contribution in [0, 0.1) is 27.4 Å². The van der Waals surface area contributed by atoms with Crippen LogP contribution in [0.2, 0.25) is 5.02 Å². The fourth-order valence-corrected chi connectivity index (χ4v) is 3.27. The molecule has 108 valence electrons. The Labute approximate surface area is 121 Å². The third-order valence-corrected chi connectivity index (χ3v) is 4.87. The van der Waals surface area contributed by atoms with Gasteiger partial charge in [-0.05, 0) is 13.0 Å². The second kappa shape index (κ2) is 6.17. The van der Waals surface area contributed by atoms with E-state index in [0.29, 0.717) is 0 Å². The molecule has 9 heteroatoms. The number of non-ortho nitro benzene ring substituents is 1. The molecular weight excluding hydrogens is 306 g/mol. The summed E-state index contributed by atoms with van der Waals surface area (Å²) in [5.41, 5.74) is -0.290. The molecule has 0 heterocycles. The summed E-state index contributed by atoms with van der Waals surface area (Å²) in [4.78, 5) is 9.70. The van der Waals surface area contributed by atoms with Crippen molar-refractivity contribution in [2.75, 3.05) is 13.6 Å². The molecule has 0 saturated heterocycles. The van der Waals surface area contributed by atoms with E-state index in [-0.39, 0.29) is 22.2 Å². The Morgan fingerprint density at radius 2 is 2.15 bits per heavy atom. The van der Waals surface area contributed by atoms with Crippen molar-refractivity contribution in [2.45, 2.75) is 11.8 Å². The molecule has 0 fully saturated rings. The average Bonchev–Trinajstić information content (AvgIpc) is 2.37. The molecule has 0 aliphatic carbocycles. The summed E-state index contributed by atoms with van der Waals surface area (Å²) >= 11 is 5.80. The maximum atomic E-state index is 12.2. The van der Waals surface area contributed by atoms with E-state index in [1.807, 2.05) is 6.07 Å². The first-order chi connectivity index (χ1) is 9.20. The van der Waals surface area contributed by atoms with Crippen LogP contribution in [0.1, 0.15) is 6.92 Å². The zero-order valence-electron chi connectivity index (χ0n) is 10.8. The molecule has 1 rings (SSSR count). The van der Waals surface area contributed by atoms with Crippen LogP contribution in [-0.2, 0) is 10.0 Å². The van der Waals surface area contributed by atoms with Gasteiger partial charge in [0, 0.05) is 25.7 Å². The Hall–Kier alpha value is -1.69. The van der Waals surface area contributed by atoms with Gasteiger partial charge in [-0.1, -0.05) is 11.6 Å². The van der Waals surface area contributed by atoms with E-state index in [1.165, 1.54) is 7.05 Å². The first kappa shape index (κ1) is 16.4. The second-order valence-corrected chi connectivity index (χ2v) is 6.61. The van der Waals surface area contributed by atoms with Crippen molar-refractivity contribution < 1.29 is 13.3 Å². The highest BCUT2D eigenvalue weighted by atomic mass is 35.5. The summed E-state index contributed by atoms with van der Waals surface area (Å²) in [6.45, 7) is 1.59. The predicted octanol–water partition coefficient (Wildman–Crippen LogP) is 2.03. The summed E-state index contributed by atoms with van der Waals surface area (Å²) in [5, 5.41) is 19.1. The molecule has 1 atom stereocenters. The number of hydrogen-bond donors (Lipinski definition) is 0. The van der Waals surface area contributed by atoms with Crippen molar-refractivity contribution in [3.8, 4) is 6.07 Å². The monoisotopic (exact) mass is 317 g/mol. The molecule has 0 amide bonds. The normalized spacial score (nSPS) is 12.9. The Kier molecular flexibility index (Phi) is 5.05. The smallest absolute Gasteiger partial charge is 0.258 e. The highest BCUT2D eigenvalue weighted by molar-refractivity contribution is 7.89. The van der Waals surface area contributed by atoms with Gasteiger partial charge in [-0.2, -0.15) is 9.57 Å². The van der Waals surface area contributed by atoms with Crippen molar-refractivity contribution in [3.63, 3.8) is 0 Å². The molecule has 20 heavy (non-hydrogen) atoms. The number of hydrogen-bond acceptors (Lipinski definition) is 5. The SMILES string of the molecule is CC(C#N)CN(C)S(=O)(=O)c1ccc([N+](=O)[O-])cc1Cl. The number of nitrogens with zero attached hydrogens (tertiary/aromatic N) is 3. The first-order valence-electron chi connectivity index (χ1n) is 5.50. The molecule has 0 aromatic heterocycles. The van der Waals surface area contributed by atoms with Crippen LogP contribution in [0.5, 0.6) is 0 Å². The zero-order chi connectivity index (χ0) is 15.5. The first-order valence-corrected chi connectivity index (χ1v) is 7.32. The van der Waals surface area contributed by atoms with Gasteiger partial charge in [0.2, 0.25) is 10.0 Å². The van der Waals surface area contributed by atoms with Crippen molar-refractivity contribution >= 4 is 27.3 Å². The molecule has 0 radical (unpaired) electrons. The molecule has 0 N–H and O–H groups in total. The van der Waals surface area contributed by atoms with Gasteiger partial charge in [0.1, 0.15) is 4.90 Å². The molecule has 1 aromatic carbocycles. The average molecular weight is 318 g/mol. The van der Waals surface area contributed by atoms with Gasteiger partial charge >= 0.3 is 0 Å². The number of halogens is 1. The van der Waals surface area contributed by atoms with Crippen LogP contribution in [0.3, 0.4) is 0 Å². The molecule has 0 aliphatic heterocycles. The molecule has 1 aromatic rings. The number of nitro benzene ring substituents is 1. The minimum absolute atomic E-state index is 0.00610. The van der Waals surface area contributed by atoms with E-state index in [2.05, 4.69) is 0 Å². The van der Waals surface area contributed by atoms with Gasteiger partial charge in [-0.15, -0.1) is 0 Å². The maximum Gasteiger partial charge on any atom is 0.271 e. The summed E-state index contributed by atoms with van der Waals surface area (Å²) in [6.07, 6.45) is 0. The number of benzene rings is 1. The Morgan fingerprint density at radius 3 is 2.60 bits per heavy atom. The van der Waals surface area contributed by atoms with Crippen LogP contribution in [0.4, 0.5) is 5.69 Å². The third kappa shape index (κ3) is 3.45. The van der Waals surface area contributed by atoms with E-state index in [1.54, 1.807) is 6.92 Å². The second-order valence-electron chi connectivity index (χ2n) is 4.19. The lowest BCUT2D eigenvalue weighted by Gasteiger charge is -2.18. The Morgan fingerprint density at radius 1 is 1.55 bits per heavy atom. The summed E-state index contributed by atoms with van der Waals surface area (Å²) in [5.74, 6) is -0.480. The standard InChI is InChI=1S/C11H12ClN3O4S/c1-8(6-13)7-14(2)20(18,19)11-4-3-9(15(16)17)5-10(11)12/h3-5,8H,7H2,1-2H3. The van der Waals surface area contributed by atoms with E-state index in [9.17, 15) is 18.5 Å². The fraction of sp³-hybridized carbons (Fsp3) is 0.364. The minimum Gasteiger partial charge on any atom is -0.258 e. The van der Waals surface area contributed by atoms with Crippen molar-refractivity contribution in [1.29, 1.82) is 5.26 Å². The molecule has 0 spiro atoms. The summed E-state index contributed by atoms with van der Waals surface area (Å²) < 4.78 is 25.5. The van der Waals surface area contributed by atoms with Gasteiger partial charge in [-0.25, -0.2) is 8.42 Å². The van der Waals surface area contributed by atoms with Crippen molar-refractivity contribution in [3.05, 3.63) is 33.3 Å².